The molecule has 1 rings (SSSR count). The second-order valence-corrected chi connectivity index (χ2v) is 6.87. The molecule has 1 aromatic carbocycles. The van der Waals surface area contributed by atoms with Gasteiger partial charge < -0.3 is 5.32 Å². The summed E-state index contributed by atoms with van der Waals surface area (Å²) in [6.45, 7) is 4.28. The van der Waals surface area contributed by atoms with E-state index < -0.39 is 10.8 Å². The fraction of sp³-hybridized carbons (Fsp3) is 0.600. The molecule has 3 atom stereocenters. The Bertz CT molecular complexity index is 394. The average molecular weight is 302 g/mol. The minimum Gasteiger partial charge on any atom is -0.316 e. The van der Waals surface area contributed by atoms with Gasteiger partial charge in [0.05, 0.1) is 5.25 Å². The molecule has 0 aliphatic carbocycles. The maximum absolute atomic E-state index is 12.5. The molecular formula is C15H24ClNOS. The van der Waals surface area contributed by atoms with E-state index in [1.54, 1.807) is 0 Å². The Kier molecular flexibility index (Phi) is 7.66. The molecule has 0 saturated carbocycles. The van der Waals surface area contributed by atoms with E-state index in [1.807, 2.05) is 31.3 Å². The van der Waals surface area contributed by atoms with Crippen LogP contribution in [0.2, 0.25) is 5.02 Å². The van der Waals surface area contributed by atoms with Crippen molar-refractivity contribution in [1.29, 1.82) is 0 Å². The van der Waals surface area contributed by atoms with Gasteiger partial charge >= 0.3 is 0 Å². The third kappa shape index (κ3) is 5.25. The van der Waals surface area contributed by atoms with Crippen molar-refractivity contribution in [2.75, 3.05) is 7.05 Å². The van der Waals surface area contributed by atoms with Crippen LogP contribution in [-0.4, -0.2) is 22.5 Å². The fourth-order valence-electron chi connectivity index (χ4n) is 2.33. The third-order valence-electron chi connectivity index (χ3n) is 3.38. The van der Waals surface area contributed by atoms with Gasteiger partial charge in [0.25, 0.3) is 0 Å². The predicted octanol–water partition coefficient (Wildman–Crippen LogP) is 3.76. The van der Waals surface area contributed by atoms with Crippen LogP contribution in [0.3, 0.4) is 0 Å². The Morgan fingerprint density at radius 1 is 1.26 bits per heavy atom. The molecule has 108 valence electrons. The third-order valence-corrected chi connectivity index (χ3v) is 5.59. The van der Waals surface area contributed by atoms with Crippen molar-refractivity contribution >= 4 is 22.4 Å². The van der Waals surface area contributed by atoms with Crippen LogP contribution in [-0.2, 0) is 16.6 Å². The highest BCUT2D eigenvalue weighted by Crippen LogP contribution is 2.17. The first-order chi connectivity index (χ1) is 9.12. The summed E-state index contributed by atoms with van der Waals surface area (Å²) in [6.07, 6.45) is 3.12. The summed E-state index contributed by atoms with van der Waals surface area (Å²) in [5.74, 6) is 0.609. The smallest absolute Gasteiger partial charge is 0.0501 e. The standard InChI is InChI=1S/C15H24ClNOS/c1-4-6-14(17-3)15(5-2)19(18)11-12-7-9-13(16)10-8-12/h7-10,14-15,17H,4-6,11H2,1-3H3. The lowest BCUT2D eigenvalue weighted by Crippen LogP contribution is -2.40. The van der Waals surface area contributed by atoms with Gasteiger partial charge in [0.2, 0.25) is 0 Å². The van der Waals surface area contributed by atoms with Gasteiger partial charge in [0.15, 0.2) is 0 Å². The molecule has 1 aromatic rings. The quantitative estimate of drug-likeness (QED) is 0.792. The molecule has 4 heteroatoms. The van der Waals surface area contributed by atoms with Gasteiger partial charge in [-0.3, -0.25) is 4.21 Å². The van der Waals surface area contributed by atoms with Crippen LogP contribution in [0.5, 0.6) is 0 Å². The van der Waals surface area contributed by atoms with E-state index in [0.29, 0.717) is 11.8 Å². The topological polar surface area (TPSA) is 29.1 Å². The van der Waals surface area contributed by atoms with E-state index in [2.05, 4.69) is 19.2 Å². The Morgan fingerprint density at radius 2 is 1.89 bits per heavy atom. The van der Waals surface area contributed by atoms with Gasteiger partial charge in [-0.15, -0.1) is 0 Å². The summed E-state index contributed by atoms with van der Waals surface area (Å²) in [7, 11) is 1.11. The van der Waals surface area contributed by atoms with Crippen LogP contribution < -0.4 is 5.32 Å². The van der Waals surface area contributed by atoms with E-state index in [0.717, 1.165) is 29.8 Å². The molecule has 3 unspecified atom stereocenters. The molecular weight excluding hydrogens is 278 g/mol. The van der Waals surface area contributed by atoms with Crippen LogP contribution in [0.15, 0.2) is 24.3 Å². The van der Waals surface area contributed by atoms with Crippen molar-refractivity contribution < 1.29 is 4.21 Å². The Balaban J connectivity index is 2.70. The second-order valence-electron chi connectivity index (χ2n) is 4.78. The minimum atomic E-state index is -0.852. The summed E-state index contributed by atoms with van der Waals surface area (Å²) < 4.78 is 12.5. The van der Waals surface area contributed by atoms with Gasteiger partial charge in [0, 0.05) is 27.6 Å². The lowest BCUT2D eigenvalue weighted by atomic mass is 10.1. The highest BCUT2D eigenvalue weighted by Gasteiger charge is 2.23. The first-order valence-corrected chi connectivity index (χ1v) is 8.67. The zero-order valence-electron chi connectivity index (χ0n) is 12.0. The maximum atomic E-state index is 12.5. The molecule has 0 amide bonds. The summed E-state index contributed by atoms with van der Waals surface area (Å²) in [4.78, 5) is 0. The summed E-state index contributed by atoms with van der Waals surface area (Å²) in [5, 5.41) is 4.25. The molecule has 1 N–H and O–H groups in total. The lowest BCUT2D eigenvalue weighted by Gasteiger charge is -2.25. The van der Waals surface area contributed by atoms with Gasteiger partial charge in [-0.2, -0.15) is 0 Å². The molecule has 2 nitrogen and oxygen atoms in total. The van der Waals surface area contributed by atoms with E-state index in [1.165, 1.54) is 0 Å². The maximum Gasteiger partial charge on any atom is 0.0501 e. The van der Waals surface area contributed by atoms with Gasteiger partial charge in [-0.1, -0.05) is 44.0 Å². The molecule has 19 heavy (non-hydrogen) atoms. The monoisotopic (exact) mass is 301 g/mol. The molecule has 0 radical (unpaired) electrons. The van der Waals surface area contributed by atoms with E-state index in [-0.39, 0.29) is 5.25 Å². The molecule has 0 spiro atoms. The summed E-state index contributed by atoms with van der Waals surface area (Å²) >= 11 is 5.87. The predicted molar refractivity (Wildman–Crippen MR) is 85.1 cm³/mol. The van der Waals surface area contributed by atoms with E-state index in [4.69, 9.17) is 11.6 Å². The van der Waals surface area contributed by atoms with Crippen LogP contribution in [0.4, 0.5) is 0 Å². The van der Waals surface area contributed by atoms with Crippen LogP contribution >= 0.6 is 11.6 Å². The highest BCUT2D eigenvalue weighted by molar-refractivity contribution is 7.84. The van der Waals surface area contributed by atoms with Gasteiger partial charge in [0.1, 0.15) is 0 Å². The number of benzene rings is 1. The highest BCUT2D eigenvalue weighted by atomic mass is 35.5. The van der Waals surface area contributed by atoms with Crippen molar-refractivity contribution in [3.63, 3.8) is 0 Å². The summed E-state index contributed by atoms with van der Waals surface area (Å²) in [5.41, 5.74) is 1.09. The van der Waals surface area contributed by atoms with Crippen molar-refractivity contribution in [1.82, 2.24) is 5.32 Å². The Labute approximate surface area is 124 Å². The zero-order valence-corrected chi connectivity index (χ0v) is 13.6. The number of hydrogen-bond acceptors (Lipinski definition) is 2. The van der Waals surface area contributed by atoms with Crippen LogP contribution in [0, 0.1) is 0 Å². The second kappa shape index (κ2) is 8.72. The van der Waals surface area contributed by atoms with E-state index in [9.17, 15) is 4.21 Å². The molecule has 0 heterocycles. The SMILES string of the molecule is CCCC(NC)C(CC)S(=O)Cc1ccc(Cl)cc1. The van der Waals surface area contributed by atoms with Crippen molar-refractivity contribution in [2.24, 2.45) is 0 Å². The van der Waals surface area contributed by atoms with Crippen LogP contribution in [0.1, 0.15) is 38.7 Å². The van der Waals surface area contributed by atoms with E-state index >= 15 is 0 Å². The lowest BCUT2D eigenvalue weighted by molar-refractivity contribution is 0.480. The Morgan fingerprint density at radius 3 is 2.37 bits per heavy atom. The number of nitrogens with one attached hydrogen (secondary N) is 1. The van der Waals surface area contributed by atoms with Gasteiger partial charge in [-0.05, 0) is 37.6 Å². The first-order valence-electron chi connectivity index (χ1n) is 6.91. The largest absolute Gasteiger partial charge is 0.316 e. The average Bonchev–Trinajstić information content (AvgIpc) is 2.41. The molecule has 0 aliphatic rings. The first kappa shape index (κ1) is 16.7. The number of halogens is 1. The normalized spacial score (nSPS) is 16.0. The molecule has 0 bridgehead atoms. The van der Waals surface area contributed by atoms with Crippen LogP contribution in [0.25, 0.3) is 0 Å². The van der Waals surface area contributed by atoms with Crippen molar-refractivity contribution in [2.45, 2.75) is 50.2 Å². The minimum absolute atomic E-state index is 0.209. The molecule has 0 aromatic heterocycles. The van der Waals surface area contributed by atoms with Gasteiger partial charge in [-0.25, -0.2) is 0 Å². The number of rotatable bonds is 8. The molecule has 0 saturated heterocycles. The fourth-order valence-corrected chi connectivity index (χ4v) is 4.20. The molecule has 0 aliphatic heterocycles. The zero-order chi connectivity index (χ0) is 14.3. The van der Waals surface area contributed by atoms with Crippen molar-refractivity contribution in [3.05, 3.63) is 34.9 Å². The summed E-state index contributed by atoms with van der Waals surface area (Å²) in [6, 6.07) is 7.97. The molecule has 0 fully saturated rings. The Hall–Kier alpha value is -0.380. The van der Waals surface area contributed by atoms with Crippen molar-refractivity contribution in [3.8, 4) is 0 Å². The number of hydrogen-bond donors (Lipinski definition) is 1.